The van der Waals surface area contributed by atoms with Crippen molar-refractivity contribution in [2.45, 2.75) is 0 Å². The first-order valence-corrected chi connectivity index (χ1v) is 4.98. The van der Waals surface area contributed by atoms with Crippen molar-refractivity contribution < 1.29 is 13.9 Å². The van der Waals surface area contributed by atoms with Gasteiger partial charge in [0.1, 0.15) is 12.1 Å². The summed E-state index contributed by atoms with van der Waals surface area (Å²) in [4.78, 5) is 15.0. The number of nitrogens with zero attached hydrogens (tertiary/aromatic N) is 3. The van der Waals surface area contributed by atoms with Crippen LogP contribution in [0.1, 0.15) is 16.1 Å². The van der Waals surface area contributed by atoms with Gasteiger partial charge in [-0.25, -0.2) is 14.2 Å². The average molecular weight is 245 g/mol. The summed E-state index contributed by atoms with van der Waals surface area (Å²) < 4.78 is 19.5. The van der Waals surface area contributed by atoms with E-state index in [0.29, 0.717) is 0 Å². The molecule has 90 valence electrons. The Morgan fingerprint density at radius 2 is 2.33 bits per heavy atom. The van der Waals surface area contributed by atoms with Crippen molar-refractivity contribution in [1.82, 2.24) is 9.55 Å². The lowest BCUT2D eigenvalue weighted by Gasteiger charge is -2.03. The van der Waals surface area contributed by atoms with Gasteiger partial charge in [-0.3, -0.25) is 0 Å². The van der Waals surface area contributed by atoms with E-state index in [4.69, 9.17) is 5.26 Å². The number of rotatable bonds is 2. The predicted molar refractivity (Wildman–Crippen MR) is 59.6 cm³/mol. The molecule has 6 heteroatoms. The van der Waals surface area contributed by atoms with Crippen LogP contribution in [0.15, 0.2) is 30.7 Å². The van der Waals surface area contributed by atoms with Gasteiger partial charge in [0.2, 0.25) is 0 Å². The third-order valence-corrected chi connectivity index (χ3v) is 2.33. The van der Waals surface area contributed by atoms with Gasteiger partial charge in [-0.1, -0.05) is 0 Å². The highest BCUT2D eigenvalue weighted by Crippen LogP contribution is 2.15. The first kappa shape index (κ1) is 11.8. The van der Waals surface area contributed by atoms with E-state index in [1.54, 1.807) is 0 Å². The van der Waals surface area contributed by atoms with E-state index in [1.807, 2.05) is 6.07 Å². The number of carbonyl (C=O) groups is 1. The molecule has 1 heterocycles. The topological polar surface area (TPSA) is 67.9 Å². The molecule has 0 aliphatic carbocycles. The molecule has 0 saturated heterocycles. The Bertz CT molecular complexity index is 643. The lowest BCUT2D eigenvalue weighted by molar-refractivity contribution is 0.0594. The number of hydrogen-bond acceptors (Lipinski definition) is 4. The van der Waals surface area contributed by atoms with Crippen molar-refractivity contribution in [2.75, 3.05) is 7.11 Å². The van der Waals surface area contributed by atoms with Crippen LogP contribution in [-0.2, 0) is 4.74 Å². The van der Waals surface area contributed by atoms with E-state index in [-0.39, 0.29) is 16.9 Å². The van der Waals surface area contributed by atoms with E-state index in [0.717, 1.165) is 6.07 Å². The van der Waals surface area contributed by atoms with Gasteiger partial charge < -0.3 is 9.30 Å². The highest BCUT2D eigenvalue weighted by atomic mass is 19.1. The van der Waals surface area contributed by atoms with Crippen molar-refractivity contribution in [3.63, 3.8) is 0 Å². The van der Waals surface area contributed by atoms with Crippen LogP contribution in [0.3, 0.4) is 0 Å². The third-order valence-electron chi connectivity index (χ3n) is 2.33. The summed E-state index contributed by atoms with van der Waals surface area (Å²) in [5.41, 5.74) is 0.516. The second-order valence-electron chi connectivity index (χ2n) is 3.44. The Hall–Kier alpha value is -2.68. The van der Waals surface area contributed by atoms with Crippen LogP contribution in [0.2, 0.25) is 0 Å². The van der Waals surface area contributed by atoms with E-state index in [2.05, 4.69) is 9.72 Å². The van der Waals surface area contributed by atoms with Crippen LogP contribution in [0.5, 0.6) is 0 Å². The normalized spacial score (nSPS) is 9.83. The van der Waals surface area contributed by atoms with Crippen LogP contribution >= 0.6 is 0 Å². The number of aromatic nitrogens is 2. The summed E-state index contributed by atoms with van der Waals surface area (Å²) in [6, 6.07) is 5.88. The molecular formula is C12H8FN3O2. The van der Waals surface area contributed by atoms with Crippen LogP contribution in [0.25, 0.3) is 5.69 Å². The number of esters is 1. The summed E-state index contributed by atoms with van der Waals surface area (Å²) >= 11 is 0. The van der Waals surface area contributed by atoms with Crippen molar-refractivity contribution >= 4 is 5.97 Å². The fraction of sp³-hybridized carbons (Fsp3) is 0.0833. The van der Waals surface area contributed by atoms with Gasteiger partial charge in [-0.05, 0) is 18.2 Å². The van der Waals surface area contributed by atoms with Crippen molar-refractivity contribution in [3.8, 4) is 11.8 Å². The van der Waals surface area contributed by atoms with E-state index in [9.17, 15) is 9.18 Å². The molecule has 18 heavy (non-hydrogen) atoms. The molecular weight excluding hydrogens is 237 g/mol. The van der Waals surface area contributed by atoms with Crippen molar-refractivity contribution in [1.29, 1.82) is 5.26 Å². The summed E-state index contributed by atoms with van der Waals surface area (Å²) in [6.07, 6.45) is 2.66. The maximum atomic E-state index is 13.7. The summed E-state index contributed by atoms with van der Waals surface area (Å²) in [5, 5.41) is 8.64. The third kappa shape index (κ3) is 2.06. The lowest BCUT2D eigenvalue weighted by Crippen LogP contribution is -2.01. The molecule has 0 spiro atoms. The molecule has 0 saturated carbocycles. The number of methoxy groups -OCH3 is 1. The van der Waals surface area contributed by atoms with Gasteiger partial charge in [-0.2, -0.15) is 5.26 Å². The monoisotopic (exact) mass is 245 g/mol. The van der Waals surface area contributed by atoms with Gasteiger partial charge in [0.05, 0.1) is 24.4 Å². The van der Waals surface area contributed by atoms with Gasteiger partial charge in [-0.15, -0.1) is 0 Å². The van der Waals surface area contributed by atoms with Gasteiger partial charge >= 0.3 is 5.97 Å². The van der Waals surface area contributed by atoms with Crippen LogP contribution in [0.4, 0.5) is 4.39 Å². The Kier molecular flexibility index (Phi) is 3.06. The highest BCUT2D eigenvalue weighted by Gasteiger charge is 2.12. The molecule has 5 nitrogen and oxygen atoms in total. The Balaban J connectivity index is 2.41. The maximum absolute atomic E-state index is 13.7. The zero-order chi connectivity index (χ0) is 13.1. The number of imidazole rings is 1. The fourth-order valence-corrected chi connectivity index (χ4v) is 1.45. The van der Waals surface area contributed by atoms with Gasteiger partial charge in [0.15, 0.2) is 5.69 Å². The second-order valence-corrected chi connectivity index (χ2v) is 3.44. The number of halogens is 1. The largest absolute Gasteiger partial charge is 0.464 e. The number of carbonyl (C=O) groups excluding carboxylic acids is 1. The second kappa shape index (κ2) is 4.67. The molecule has 0 atom stereocenters. The molecule has 0 amide bonds. The Morgan fingerprint density at radius 1 is 1.56 bits per heavy atom. The molecule has 0 bridgehead atoms. The molecule has 2 aromatic rings. The predicted octanol–water partition coefficient (Wildman–Crippen LogP) is 1.67. The maximum Gasteiger partial charge on any atom is 0.358 e. The first-order valence-electron chi connectivity index (χ1n) is 4.98. The quantitative estimate of drug-likeness (QED) is 0.755. The van der Waals surface area contributed by atoms with E-state index < -0.39 is 11.8 Å². The zero-order valence-electron chi connectivity index (χ0n) is 9.42. The van der Waals surface area contributed by atoms with Crippen molar-refractivity contribution in [2.24, 2.45) is 0 Å². The summed E-state index contributed by atoms with van der Waals surface area (Å²) in [5.74, 6) is -1.16. The molecule has 0 unspecified atom stereocenters. The highest BCUT2D eigenvalue weighted by molar-refractivity contribution is 5.86. The fourth-order valence-electron chi connectivity index (χ4n) is 1.45. The van der Waals surface area contributed by atoms with E-state index >= 15 is 0 Å². The molecule has 2 rings (SSSR count). The van der Waals surface area contributed by atoms with E-state index in [1.165, 1.54) is 36.3 Å². The van der Waals surface area contributed by atoms with Gasteiger partial charge in [0, 0.05) is 6.20 Å². The minimum atomic E-state index is -0.595. The van der Waals surface area contributed by atoms with Crippen LogP contribution in [-0.4, -0.2) is 22.6 Å². The minimum absolute atomic E-state index is 0.0845. The van der Waals surface area contributed by atoms with Gasteiger partial charge in [0.25, 0.3) is 0 Å². The number of benzene rings is 1. The number of nitriles is 1. The standard InChI is InChI=1S/C12H8FN3O2/c1-18-12(17)10-6-16(7-15-10)11-3-2-8(5-14)4-9(11)13/h2-4,6-7H,1H3. The summed E-state index contributed by atoms with van der Waals surface area (Å²) in [6.45, 7) is 0. The Morgan fingerprint density at radius 3 is 2.94 bits per heavy atom. The average Bonchev–Trinajstić information content (AvgIpc) is 2.87. The molecule has 1 aromatic carbocycles. The van der Waals surface area contributed by atoms with Crippen LogP contribution in [0, 0.1) is 17.1 Å². The van der Waals surface area contributed by atoms with Crippen molar-refractivity contribution in [3.05, 3.63) is 47.8 Å². The first-order chi connectivity index (χ1) is 8.65. The number of ether oxygens (including phenoxy) is 1. The number of hydrogen-bond donors (Lipinski definition) is 0. The molecule has 0 aliphatic rings. The molecule has 0 radical (unpaired) electrons. The lowest BCUT2D eigenvalue weighted by atomic mass is 10.2. The summed E-state index contributed by atoms with van der Waals surface area (Å²) in [7, 11) is 1.24. The van der Waals surface area contributed by atoms with Crippen LogP contribution < -0.4 is 0 Å². The smallest absolute Gasteiger partial charge is 0.358 e. The Labute approximate surface area is 102 Å². The molecule has 1 aromatic heterocycles. The zero-order valence-corrected chi connectivity index (χ0v) is 9.42. The SMILES string of the molecule is COC(=O)c1cn(-c2ccc(C#N)cc2F)cn1. The molecule has 0 fully saturated rings. The molecule has 0 aliphatic heterocycles. The molecule has 0 N–H and O–H groups in total. The minimum Gasteiger partial charge on any atom is -0.464 e.